The molecule has 0 aliphatic rings. The molecule has 0 saturated heterocycles. The minimum absolute atomic E-state index is 0.0915. The van der Waals surface area contributed by atoms with Gasteiger partial charge >= 0.3 is 0 Å². The summed E-state index contributed by atoms with van der Waals surface area (Å²) < 4.78 is 0. The predicted octanol–water partition coefficient (Wildman–Crippen LogP) is 5.74. The first-order valence-electron chi connectivity index (χ1n) is 9.90. The Morgan fingerprint density at radius 2 is 1.22 bits per heavy atom. The second kappa shape index (κ2) is 11.3. The Bertz CT molecular complexity index is 687. The second-order valence-electron chi connectivity index (χ2n) is 7.10. The van der Waals surface area contributed by atoms with Gasteiger partial charge < -0.3 is 15.3 Å². The van der Waals surface area contributed by atoms with E-state index in [0.29, 0.717) is 6.42 Å². The molecule has 0 atom stereocenters. The minimum Gasteiger partial charge on any atom is -0.508 e. The van der Waals surface area contributed by atoms with Crippen molar-refractivity contribution in [3.05, 3.63) is 53.6 Å². The van der Waals surface area contributed by atoms with Gasteiger partial charge in [0.25, 0.3) is 0 Å². The fraction of sp³-hybridized carbons (Fsp3) is 0.435. The molecule has 2 rings (SSSR count). The van der Waals surface area contributed by atoms with E-state index in [1.807, 2.05) is 6.07 Å². The van der Waals surface area contributed by atoms with Crippen molar-refractivity contribution in [2.75, 3.05) is 0 Å². The standard InChI is InChI=1S/C23H30O4/c24-19-16-21(26)23(22(27)17-19)20(25)15-11-6-4-2-1-3-5-8-12-18-13-9-7-10-14-18/h7,9-10,13-14,16-17,24,26-27H,1-6,8,11-12,15H2. The van der Waals surface area contributed by atoms with E-state index in [-0.39, 0.29) is 28.6 Å². The Labute approximate surface area is 161 Å². The van der Waals surface area contributed by atoms with E-state index >= 15 is 0 Å². The number of carbonyl (C=O) groups excluding carboxylic acids is 1. The van der Waals surface area contributed by atoms with Crippen molar-refractivity contribution in [1.29, 1.82) is 0 Å². The Morgan fingerprint density at radius 1 is 0.704 bits per heavy atom. The maximum Gasteiger partial charge on any atom is 0.170 e. The molecule has 0 spiro atoms. The number of aromatic hydroxyl groups is 3. The SMILES string of the molecule is O=C(CCCCCCCCCCc1ccccc1)c1c(O)cc(O)cc1O. The normalized spacial score (nSPS) is 10.8. The number of hydrogen-bond acceptors (Lipinski definition) is 4. The molecule has 146 valence electrons. The summed E-state index contributed by atoms with van der Waals surface area (Å²) in [6, 6.07) is 12.7. The van der Waals surface area contributed by atoms with Gasteiger partial charge in [-0.05, 0) is 24.8 Å². The molecule has 4 heteroatoms. The van der Waals surface area contributed by atoms with Crippen molar-refractivity contribution in [1.82, 2.24) is 0 Å². The van der Waals surface area contributed by atoms with Gasteiger partial charge in [0.1, 0.15) is 22.8 Å². The number of unbranched alkanes of at least 4 members (excludes halogenated alkanes) is 7. The lowest BCUT2D eigenvalue weighted by Gasteiger charge is -2.07. The monoisotopic (exact) mass is 370 g/mol. The van der Waals surface area contributed by atoms with Gasteiger partial charge in [-0.15, -0.1) is 0 Å². The summed E-state index contributed by atoms with van der Waals surface area (Å²) in [5.74, 6) is -1.28. The quantitative estimate of drug-likeness (QED) is 0.329. The van der Waals surface area contributed by atoms with Crippen molar-refractivity contribution in [3.8, 4) is 17.2 Å². The fourth-order valence-electron chi connectivity index (χ4n) is 3.33. The highest BCUT2D eigenvalue weighted by atomic mass is 16.3. The van der Waals surface area contributed by atoms with Gasteiger partial charge in [0, 0.05) is 18.6 Å². The van der Waals surface area contributed by atoms with E-state index in [1.165, 1.54) is 37.7 Å². The highest BCUT2D eigenvalue weighted by molar-refractivity contribution is 6.01. The average Bonchev–Trinajstić information content (AvgIpc) is 2.63. The van der Waals surface area contributed by atoms with Gasteiger partial charge in [0.2, 0.25) is 0 Å². The second-order valence-corrected chi connectivity index (χ2v) is 7.10. The average molecular weight is 370 g/mol. The molecule has 2 aromatic carbocycles. The third kappa shape index (κ3) is 7.33. The van der Waals surface area contributed by atoms with Crippen LogP contribution < -0.4 is 0 Å². The molecule has 0 amide bonds. The molecule has 0 aliphatic carbocycles. The zero-order valence-electron chi connectivity index (χ0n) is 15.9. The number of Topliss-reactive ketones (excluding diaryl/α,β-unsaturated/α-hetero) is 1. The number of aryl methyl sites for hydroxylation is 1. The lowest BCUT2D eigenvalue weighted by molar-refractivity contribution is 0.0973. The lowest BCUT2D eigenvalue weighted by Crippen LogP contribution is -2.00. The van der Waals surface area contributed by atoms with Crippen molar-refractivity contribution >= 4 is 5.78 Å². The van der Waals surface area contributed by atoms with E-state index in [0.717, 1.165) is 37.8 Å². The summed E-state index contributed by atoms with van der Waals surface area (Å²) in [5.41, 5.74) is 1.32. The van der Waals surface area contributed by atoms with Crippen LogP contribution in [0.25, 0.3) is 0 Å². The zero-order chi connectivity index (χ0) is 19.5. The summed E-state index contributed by atoms with van der Waals surface area (Å²) in [6.07, 6.45) is 10.4. The van der Waals surface area contributed by atoms with Crippen LogP contribution in [-0.2, 0) is 6.42 Å². The maximum atomic E-state index is 12.1. The molecule has 0 aliphatic heterocycles. The molecule has 0 bridgehead atoms. The summed E-state index contributed by atoms with van der Waals surface area (Å²) in [5, 5.41) is 28.7. The maximum absolute atomic E-state index is 12.1. The Kier molecular flexibility index (Phi) is 8.69. The number of carbonyl (C=O) groups is 1. The molecule has 0 unspecified atom stereocenters. The van der Waals surface area contributed by atoms with Crippen LogP contribution in [0.3, 0.4) is 0 Å². The van der Waals surface area contributed by atoms with Crippen LogP contribution in [0, 0.1) is 0 Å². The van der Waals surface area contributed by atoms with Gasteiger partial charge in [-0.25, -0.2) is 0 Å². The Balaban J connectivity index is 1.50. The van der Waals surface area contributed by atoms with Crippen LogP contribution in [0.1, 0.15) is 73.7 Å². The molecule has 0 saturated carbocycles. The van der Waals surface area contributed by atoms with Crippen LogP contribution in [0.4, 0.5) is 0 Å². The predicted molar refractivity (Wildman–Crippen MR) is 107 cm³/mol. The highest BCUT2D eigenvalue weighted by Crippen LogP contribution is 2.33. The van der Waals surface area contributed by atoms with E-state index in [1.54, 1.807) is 0 Å². The summed E-state index contributed by atoms with van der Waals surface area (Å²) >= 11 is 0. The molecular weight excluding hydrogens is 340 g/mol. The van der Waals surface area contributed by atoms with Gasteiger partial charge in [-0.2, -0.15) is 0 Å². The van der Waals surface area contributed by atoms with Crippen LogP contribution in [0.5, 0.6) is 17.2 Å². The summed E-state index contributed by atoms with van der Waals surface area (Å²) in [7, 11) is 0. The Morgan fingerprint density at radius 3 is 1.81 bits per heavy atom. The van der Waals surface area contributed by atoms with Gasteiger partial charge in [0.05, 0.1) is 0 Å². The molecule has 0 heterocycles. The molecular formula is C23H30O4. The first-order chi connectivity index (χ1) is 13.1. The minimum atomic E-state index is -0.368. The van der Waals surface area contributed by atoms with E-state index < -0.39 is 0 Å². The van der Waals surface area contributed by atoms with Crippen molar-refractivity contribution in [2.45, 2.75) is 64.2 Å². The number of benzene rings is 2. The number of rotatable bonds is 12. The molecule has 0 aromatic heterocycles. The van der Waals surface area contributed by atoms with Crippen molar-refractivity contribution < 1.29 is 20.1 Å². The van der Waals surface area contributed by atoms with Gasteiger partial charge in [-0.1, -0.05) is 68.9 Å². The first kappa shape index (κ1) is 20.8. The summed E-state index contributed by atoms with van der Waals surface area (Å²) in [6.45, 7) is 0. The highest BCUT2D eigenvalue weighted by Gasteiger charge is 2.17. The molecule has 27 heavy (non-hydrogen) atoms. The van der Waals surface area contributed by atoms with E-state index in [9.17, 15) is 20.1 Å². The first-order valence-corrected chi connectivity index (χ1v) is 9.90. The largest absolute Gasteiger partial charge is 0.508 e. The third-order valence-electron chi connectivity index (χ3n) is 4.82. The number of hydrogen-bond donors (Lipinski definition) is 3. The van der Waals surface area contributed by atoms with Crippen LogP contribution in [0.15, 0.2) is 42.5 Å². The fourth-order valence-corrected chi connectivity index (χ4v) is 3.33. The van der Waals surface area contributed by atoms with Crippen LogP contribution in [-0.4, -0.2) is 21.1 Å². The smallest absolute Gasteiger partial charge is 0.170 e. The number of ketones is 1. The lowest BCUT2D eigenvalue weighted by atomic mass is 10.0. The summed E-state index contributed by atoms with van der Waals surface area (Å²) in [4.78, 5) is 12.1. The molecule has 0 radical (unpaired) electrons. The van der Waals surface area contributed by atoms with E-state index in [2.05, 4.69) is 24.3 Å². The molecule has 0 fully saturated rings. The topological polar surface area (TPSA) is 77.8 Å². The van der Waals surface area contributed by atoms with Crippen LogP contribution >= 0.6 is 0 Å². The molecule has 3 N–H and O–H groups in total. The Hall–Kier alpha value is -2.49. The number of phenols is 3. The molecule has 4 nitrogen and oxygen atoms in total. The molecule has 2 aromatic rings. The van der Waals surface area contributed by atoms with Gasteiger partial charge in [0.15, 0.2) is 5.78 Å². The van der Waals surface area contributed by atoms with Crippen LogP contribution in [0.2, 0.25) is 0 Å². The van der Waals surface area contributed by atoms with Gasteiger partial charge in [-0.3, -0.25) is 4.79 Å². The number of phenolic OH excluding ortho intramolecular Hbond substituents is 3. The van der Waals surface area contributed by atoms with Crippen molar-refractivity contribution in [3.63, 3.8) is 0 Å². The van der Waals surface area contributed by atoms with E-state index in [4.69, 9.17) is 0 Å². The van der Waals surface area contributed by atoms with Crippen molar-refractivity contribution in [2.24, 2.45) is 0 Å². The third-order valence-corrected chi connectivity index (χ3v) is 4.82. The zero-order valence-corrected chi connectivity index (χ0v) is 15.9.